The molecular formula is C23H22F2N2O3S. The van der Waals surface area contributed by atoms with Crippen LogP contribution in [0.2, 0.25) is 0 Å². The first kappa shape index (κ1) is 21.4. The zero-order valence-corrected chi connectivity index (χ0v) is 17.7. The van der Waals surface area contributed by atoms with Crippen LogP contribution in [0.5, 0.6) is 5.75 Å². The van der Waals surface area contributed by atoms with Crippen LogP contribution in [0, 0.1) is 18.6 Å². The average molecular weight is 445 g/mol. The van der Waals surface area contributed by atoms with E-state index in [4.69, 9.17) is 4.74 Å². The molecule has 0 radical (unpaired) electrons. The predicted octanol–water partition coefficient (Wildman–Crippen LogP) is 4.44. The first-order chi connectivity index (χ1) is 14.9. The topological polar surface area (TPSA) is 62.7 Å². The van der Waals surface area contributed by atoms with Gasteiger partial charge in [0, 0.05) is 25.1 Å². The maximum atomic E-state index is 13.9. The molecule has 0 aliphatic carbocycles. The summed E-state index contributed by atoms with van der Waals surface area (Å²) in [5, 5.41) is 11.1. The number of benzene rings is 2. The highest BCUT2D eigenvalue weighted by atomic mass is 32.1. The summed E-state index contributed by atoms with van der Waals surface area (Å²) in [7, 11) is 0. The summed E-state index contributed by atoms with van der Waals surface area (Å²) in [6.07, 6.45) is -0.709. The number of ether oxygens (including phenoxy) is 1. The van der Waals surface area contributed by atoms with Crippen molar-refractivity contribution in [3.63, 3.8) is 0 Å². The molecule has 0 spiro atoms. The number of nitrogens with zero attached hydrogens (tertiary/aromatic N) is 2. The SMILES string of the molecule is Cc1nc(-c2ccc(F)cc2)sc1C(=O)N1CC[C@H](Oc2ccccc2F)[C@@H](O)CC1. The fourth-order valence-electron chi connectivity index (χ4n) is 3.56. The van der Waals surface area contributed by atoms with Gasteiger partial charge in [0.25, 0.3) is 5.91 Å². The van der Waals surface area contributed by atoms with E-state index >= 15 is 0 Å². The molecule has 4 rings (SSSR count). The van der Waals surface area contributed by atoms with Gasteiger partial charge in [-0.2, -0.15) is 0 Å². The number of likely N-dealkylation sites (tertiary alicyclic amines) is 1. The Morgan fingerprint density at radius 1 is 1.13 bits per heavy atom. The maximum Gasteiger partial charge on any atom is 0.265 e. The number of aromatic nitrogens is 1. The smallest absolute Gasteiger partial charge is 0.265 e. The molecule has 1 aliphatic rings. The van der Waals surface area contributed by atoms with Gasteiger partial charge in [-0.15, -0.1) is 11.3 Å². The lowest BCUT2D eigenvalue weighted by Gasteiger charge is -2.22. The number of aryl methyl sites for hydroxylation is 1. The average Bonchev–Trinajstić information content (AvgIpc) is 3.05. The monoisotopic (exact) mass is 444 g/mol. The van der Waals surface area contributed by atoms with Crippen molar-refractivity contribution in [3.8, 4) is 16.3 Å². The summed E-state index contributed by atoms with van der Waals surface area (Å²) in [6.45, 7) is 2.51. The first-order valence-corrected chi connectivity index (χ1v) is 10.9. The van der Waals surface area contributed by atoms with Gasteiger partial charge in [-0.1, -0.05) is 12.1 Å². The van der Waals surface area contributed by atoms with Crippen LogP contribution < -0.4 is 4.74 Å². The Kier molecular flexibility index (Phi) is 6.29. The van der Waals surface area contributed by atoms with Crippen molar-refractivity contribution in [2.75, 3.05) is 13.1 Å². The Morgan fingerprint density at radius 2 is 1.84 bits per heavy atom. The van der Waals surface area contributed by atoms with Crippen LogP contribution in [-0.4, -0.2) is 46.2 Å². The summed E-state index contributed by atoms with van der Waals surface area (Å²) in [5.74, 6) is -0.889. The van der Waals surface area contributed by atoms with Gasteiger partial charge in [0.15, 0.2) is 11.6 Å². The van der Waals surface area contributed by atoms with E-state index in [1.165, 1.54) is 35.6 Å². The minimum Gasteiger partial charge on any atom is -0.485 e. The summed E-state index contributed by atoms with van der Waals surface area (Å²) in [6, 6.07) is 12.1. The van der Waals surface area contributed by atoms with Gasteiger partial charge in [-0.05, 0) is 49.7 Å². The maximum absolute atomic E-state index is 13.9. The lowest BCUT2D eigenvalue weighted by Crippen LogP contribution is -2.32. The van der Waals surface area contributed by atoms with Crippen molar-refractivity contribution in [1.29, 1.82) is 0 Å². The second-order valence-electron chi connectivity index (χ2n) is 7.46. The molecule has 3 aromatic rings. The molecule has 1 fully saturated rings. The summed E-state index contributed by atoms with van der Waals surface area (Å²) >= 11 is 1.27. The number of hydrogen-bond donors (Lipinski definition) is 1. The molecule has 2 aromatic carbocycles. The fraction of sp³-hybridized carbons (Fsp3) is 0.304. The number of hydrogen-bond acceptors (Lipinski definition) is 5. The van der Waals surface area contributed by atoms with E-state index in [0.29, 0.717) is 41.5 Å². The Bertz CT molecular complexity index is 1070. The molecule has 1 N–H and O–H groups in total. The molecule has 0 saturated carbocycles. The number of amides is 1. The molecule has 0 bridgehead atoms. The van der Waals surface area contributed by atoms with Crippen LogP contribution in [0.1, 0.15) is 28.2 Å². The van der Waals surface area contributed by atoms with Gasteiger partial charge in [0.05, 0.1) is 11.8 Å². The van der Waals surface area contributed by atoms with Gasteiger partial charge in [0.2, 0.25) is 0 Å². The van der Waals surface area contributed by atoms with Gasteiger partial charge >= 0.3 is 0 Å². The zero-order valence-electron chi connectivity index (χ0n) is 16.9. The Hall–Kier alpha value is -2.84. The largest absolute Gasteiger partial charge is 0.485 e. The van der Waals surface area contributed by atoms with E-state index in [1.807, 2.05) is 0 Å². The van der Waals surface area contributed by atoms with E-state index in [2.05, 4.69) is 4.98 Å². The molecule has 2 atom stereocenters. The van der Waals surface area contributed by atoms with E-state index in [-0.39, 0.29) is 17.5 Å². The molecule has 5 nitrogen and oxygen atoms in total. The van der Waals surface area contributed by atoms with Crippen molar-refractivity contribution in [1.82, 2.24) is 9.88 Å². The highest BCUT2D eigenvalue weighted by Gasteiger charge is 2.30. The van der Waals surface area contributed by atoms with Crippen molar-refractivity contribution in [2.24, 2.45) is 0 Å². The molecule has 1 aliphatic heterocycles. The van der Waals surface area contributed by atoms with E-state index in [0.717, 1.165) is 5.56 Å². The van der Waals surface area contributed by atoms with Crippen molar-refractivity contribution < 1.29 is 23.4 Å². The Balaban J connectivity index is 1.47. The fourth-order valence-corrected chi connectivity index (χ4v) is 4.60. The molecule has 8 heteroatoms. The summed E-state index contributed by atoms with van der Waals surface area (Å²) in [5.41, 5.74) is 1.36. The van der Waals surface area contributed by atoms with Gasteiger partial charge in [-0.3, -0.25) is 4.79 Å². The van der Waals surface area contributed by atoms with Crippen LogP contribution in [0.25, 0.3) is 10.6 Å². The minimum atomic E-state index is -0.810. The molecule has 1 amide bonds. The molecule has 31 heavy (non-hydrogen) atoms. The van der Waals surface area contributed by atoms with E-state index in [9.17, 15) is 18.7 Å². The Labute approximate surface area is 182 Å². The Morgan fingerprint density at radius 3 is 2.58 bits per heavy atom. The third-order valence-electron chi connectivity index (χ3n) is 5.29. The van der Waals surface area contributed by atoms with Crippen LogP contribution in [0.3, 0.4) is 0 Å². The highest BCUT2D eigenvalue weighted by Crippen LogP contribution is 2.30. The number of aliphatic hydroxyl groups is 1. The van der Waals surface area contributed by atoms with Gasteiger partial charge in [-0.25, -0.2) is 13.8 Å². The quantitative estimate of drug-likeness (QED) is 0.646. The first-order valence-electron chi connectivity index (χ1n) is 10.0. The second-order valence-corrected chi connectivity index (χ2v) is 8.46. The second kappa shape index (κ2) is 9.11. The van der Waals surface area contributed by atoms with Gasteiger partial charge < -0.3 is 14.7 Å². The molecule has 0 unspecified atom stereocenters. The van der Waals surface area contributed by atoms with Crippen LogP contribution in [0.4, 0.5) is 8.78 Å². The van der Waals surface area contributed by atoms with Crippen LogP contribution in [-0.2, 0) is 0 Å². The molecule has 162 valence electrons. The summed E-state index contributed by atoms with van der Waals surface area (Å²) in [4.78, 5) is 19.8. The highest BCUT2D eigenvalue weighted by molar-refractivity contribution is 7.17. The summed E-state index contributed by atoms with van der Waals surface area (Å²) < 4.78 is 32.8. The van der Waals surface area contributed by atoms with Crippen molar-refractivity contribution in [2.45, 2.75) is 32.0 Å². The van der Waals surface area contributed by atoms with Crippen LogP contribution in [0.15, 0.2) is 48.5 Å². The molecule has 1 saturated heterocycles. The molecule has 1 aromatic heterocycles. The van der Waals surface area contributed by atoms with E-state index < -0.39 is 18.0 Å². The van der Waals surface area contributed by atoms with Crippen molar-refractivity contribution in [3.05, 3.63) is 70.7 Å². The number of carbonyl (C=O) groups excluding carboxylic acids is 1. The number of para-hydroxylation sites is 1. The third kappa shape index (κ3) is 4.75. The molecular weight excluding hydrogens is 422 g/mol. The minimum absolute atomic E-state index is 0.0913. The van der Waals surface area contributed by atoms with Crippen LogP contribution >= 0.6 is 11.3 Å². The lowest BCUT2D eigenvalue weighted by molar-refractivity contribution is 0.0328. The number of rotatable bonds is 4. The third-order valence-corrected chi connectivity index (χ3v) is 6.49. The van der Waals surface area contributed by atoms with Gasteiger partial charge in [0.1, 0.15) is 21.8 Å². The number of thiazole rings is 1. The molecule has 2 heterocycles. The normalized spacial score (nSPS) is 19.2. The lowest BCUT2D eigenvalue weighted by atomic mass is 10.1. The predicted molar refractivity (Wildman–Crippen MR) is 114 cm³/mol. The zero-order chi connectivity index (χ0) is 22.0. The van der Waals surface area contributed by atoms with Crippen molar-refractivity contribution >= 4 is 17.2 Å². The standard InChI is InChI=1S/C23H22F2N2O3S/c1-14-21(31-22(26-14)15-6-8-16(24)9-7-15)23(29)27-12-10-18(28)20(11-13-27)30-19-5-3-2-4-17(19)25/h2-9,18,20,28H,10-13H2,1H3/t18-,20-/m0/s1. The number of halogens is 2. The van der Waals surface area contributed by atoms with E-state index in [1.54, 1.807) is 36.1 Å². The number of aliphatic hydroxyl groups excluding tert-OH is 1. The number of carbonyl (C=O) groups is 1.